The first-order valence-corrected chi connectivity index (χ1v) is 4.70. The maximum Gasteiger partial charge on any atom is 0.526 e. The second-order valence-electron chi connectivity index (χ2n) is 1.44. The molecular formula is C3H2N2O5S2. The molecule has 0 atom stereocenters. The van der Waals surface area contributed by atoms with Crippen LogP contribution in [0.5, 0.6) is 5.19 Å². The molecule has 0 amide bonds. The molecule has 1 aromatic heterocycles. The Hall–Kier alpha value is -1.22. The fourth-order valence-corrected chi connectivity index (χ4v) is 1.48. The molecule has 12 heavy (non-hydrogen) atoms. The van der Waals surface area contributed by atoms with Crippen molar-refractivity contribution in [2.45, 2.75) is 0 Å². The lowest BCUT2D eigenvalue weighted by Crippen LogP contribution is -2.09. The Morgan fingerprint density at radius 3 is 2.83 bits per heavy atom. The van der Waals surface area contributed by atoms with Crippen LogP contribution in [-0.4, -0.2) is 13.4 Å². The third-order valence-electron chi connectivity index (χ3n) is 0.705. The predicted octanol–water partition coefficient (Wildman–Crippen LogP) is 0.465. The summed E-state index contributed by atoms with van der Waals surface area (Å²) in [5, 5.41) is 3.06. The fraction of sp³-hybridized carbons (Fsp3) is 0. The van der Waals surface area contributed by atoms with E-state index in [-0.39, 0.29) is 5.19 Å². The predicted molar refractivity (Wildman–Crippen MR) is 38.5 cm³/mol. The molecule has 66 valence electrons. The molecule has 9 heteroatoms. The van der Waals surface area contributed by atoms with Crippen molar-refractivity contribution in [1.29, 1.82) is 0 Å². The lowest BCUT2D eigenvalue weighted by Gasteiger charge is -1.95. The van der Waals surface area contributed by atoms with Crippen molar-refractivity contribution in [2.24, 2.45) is 5.34 Å². The first-order valence-electron chi connectivity index (χ1n) is 2.49. The molecule has 1 heterocycles. The van der Waals surface area contributed by atoms with Gasteiger partial charge in [-0.3, -0.25) is 0 Å². The third kappa shape index (κ3) is 2.43. The maximum atomic E-state index is 10.5. The summed E-state index contributed by atoms with van der Waals surface area (Å²) in [6, 6.07) is 0. The number of rotatable bonds is 4. The van der Waals surface area contributed by atoms with Crippen molar-refractivity contribution >= 4 is 21.7 Å². The number of hydrogen-bond donors (Lipinski definition) is 0. The van der Waals surface area contributed by atoms with Crippen molar-refractivity contribution in [2.75, 3.05) is 0 Å². The van der Waals surface area contributed by atoms with Crippen LogP contribution in [0, 0.1) is 4.91 Å². The average Bonchev–Trinajstić information content (AvgIpc) is 2.38. The van der Waals surface area contributed by atoms with Gasteiger partial charge in [0.1, 0.15) is 0 Å². The van der Waals surface area contributed by atoms with Crippen LogP contribution in [0.3, 0.4) is 0 Å². The van der Waals surface area contributed by atoms with Crippen LogP contribution in [0.1, 0.15) is 0 Å². The van der Waals surface area contributed by atoms with Crippen LogP contribution in [0.15, 0.2) is 16.9 Å². The van der Waals surface area contributed by atoms with Crippen molar-refractivity contribution in [3.05, 3.63) is 16.5 Å². The molecule has 0 N–H and O–H groups in total. The zero-order chi connectivity index (χ0) is 9.03. The summed E-state index contributed by atoms with van der Waals surface area (Å²) in [4.78, 5) is 12.9. The Morgan fingerprint density at radius 2 is 2.33 bits per heavy atom. The highest BCUT2D eigenvalue weighted by Crippen LogP contribution is 2.16. The summed E-state index contributed by atoms with van der Waals surface area (Å²) in [7, 11) is -4.39. The lowest BCUT2D eigenvalue weighted by atomic mass is 11.0. The van der Waals surface area contributed by atoms with Gasteiger partial charge in [0, 0.05) is 11.6 Å². The molecule has 0 saturated carbocycles. The molecule has 0 saturated heterocycles. The van der Waals surface area contributed by atoms with Gasteiger partial charge in [0.15, 0.2) is 5.34 Å². The van der Waals surface area contributed by atoms with E-state index >= 15 is 0 Å². The van der Waals surface area contributed by atoms with Gasteiger partial charge in [-0.05, 0) is 0 Å². The van der Waals surface area contributed by atoms with E-state index in [4.69, 9.17) is 0 Å². The zero-order valence-electron chi connectivity index (χ0n) is 5.41. The molecule has 0 aliphatic rings. The maximum absolute atomic E-state index is 10.5. The smallest absolute Gasteiger partial charge is 0.320 e. The van der Waals surface area contributed by atoms with E-state index < -0.39 is 10.4 Å². The Bertz CT molecular complexity index is 343. The molecule has 0 aliphatic carbocycles. The molecule has 0 bridgehead atoms. The van der Waals surface area contributed by atoms with Gasteiger partial charge in [0.2, 0.25) is 0 Å². The highest BCUT2D eigenvalue weighted by Gasteiger charge is 2.16. The monoisotopic (exact) mass is 210 g/mol. The number of nitrogens with zero attached hydrogens (tertiary/aromatic N) is 2. The van der Waals surface area contributed by atoms with Gasteiger partial charge in [-0.2, -0.15) is 0 Å². The fourth-order valence-electron chi connectivity index (χ4n) is 0.391. The Kier molecular flexibility index (Phi) is 2.55. The van der Waals surface area contributed by atoms with E-state index in [9.17, 15) is 13.3 Å². The normalized spacial score (nSPS) is 10.7. The molecule has 0 aromatic carbocycles. The third-order valence-corrected chi connectivity index (χ3v) is 2.06. The van der Waals surface area contributed by atoms with E-state index in [0.717, 1.165) is 11.3 Å². The van der Waals surface area contributed by atoms with E-state index in [1.165, 1.54) is 11.6 Å². The van der Waals surface area contributed by atoms with Crippen LogP contribution in [0.25, 0.3) is 0 Å². The minimum atomic E-state index is -4.39. The second-order valence-corrected chi connectivity index (χ2v) is 3.43. The van der Waals surface area contributed by atoms with Crippen molar-refractivity contribution in [1.82, 2.24) is 4.98 Å². The summed E-state index contributed by atoms with van der Waals surface area (Å²) in [5.74, 6) is 0. The summed E-state index contributed by atoms with van der Waals surface area (Å²) in [6.45, 7) is 0. The first kappa shape index (κ1) is 8.87. The van der Waals surface area contributed by atoms with Gasteiger partial charge in [-0.1, -0.05) is 11.3 Å². The van der Waals surface area contributed by atoms with Gasteiger partial charge < -0.3 is 4.18 Å². The molecule has 1 aromatic rings. The second kappa shape index (κ2) is 3.45. The van der Waals surface area contributed by atoms with E-state index in [1.807, 2.05) is 0 Å². The molecule has 1 rings (SSSR count). The van der Waals surface area contributed by atoms with Crippen molar-refractivity contribution in [3.8, 4) is 5.19 Å². The first-order chi connectivity index (χ1) is 5.64. The van der Waals surface area contributed by atoms with Gasteiger partial charge in [0.25, 0.3) is 5.19 Å². The van der Waals surface area contributed by atoms with E-state index in [2.05, 4.69) is 13.5 Å². The highest BCUT2D eigenvalue weighted by atomic mass is 32.3. The van der Waals surface area contributed by atoms with Crippen molar-refractivity contribution < 1.29 is 16.9 Å². The van der Waals surface area contributed by atoms with Crippen molar-refractivity contribution in [3.63, 3.8) is 0 Å². The minimum absolute atomic E-state index is 0.140. The molecule has 0 spiro atoms. The van der Waals surface area contributed by atoms with Gasteiger partial charge in [-0.15, -0.1) is 13.3 Å². The van der Waals surface area contributed by atoms with Crippen LogP contribution in [0.4, 0.5) is 0 Å². The van der Waals surface area contributed by atoms with E-state index in [0.29, 0.717) is 0 Å². The molecule has 7 nitrogen and oxygen atoms in total. The van der Waals surface area contributed by atoms with Crippen LogP contribution in [0.2, 0.25) is 0 Å². The molecular weight excluding hydrogens is 208 g/mol. The quantitative estimate of drug-likeness (QED) is 0.529. The van der Waals surface area contributed by atoms with Crippen LogP contribution in [-0.2, 0) is 14.7 Å². The van der Waals surface area contributed by atoms with Gasteiger partial charge >= 0.3 is 10.4 Å². The topological polar surface area (TPSA) is 94.9 Å². The SMILES string of the molecule is O=NOS(=O)(=O)Oc1nccs1. The summed E-state index contributed by atoms with van der Waals surface area (Å²) < 4.78 is 28.6. The molecule has 0 fully saturated rings. The molecule has 0 radical (unpaired) electrons. The summed E-state index contributed by atoms with van der Waals surface area (Å²) >= 11 is 0.939. The van der Waals surface area contributed by atoms with Gasteiger partial charge in [0.05, 0.1) is 0 Å². The largest absolute Gasteiger partial charge is 0.526 e. The molecule has 0 unspecified atom stereocenters. The zero-order valence-corrected chi connectivity index (χ0v) is 7.04. The van der Waals surface area contributed by atoms with Crippen LogP contribution < -0.4 is 4.18 Å². The lowest BCUT2D eigenvalue weighted by molar-refractivity contribution is 0.283. The number of hydrogen-bond acceptors (Lipinski definition) is 8. The highest BCUT2D eigenvalue weighted by molar-refractivity contribution is 7.82. The molecule has 0 aliphatic heterocycles. The summed E-state index contributed by atoms with van der Waals surface area (Å²) in [6.07, 6.45) is 1.34. The summed E-state index contributed by atoms with van der Waals surface area (Å²) in [5.41, 5.74) is 0. The average molecular weight is 210 g/mol. The van der Waals surface area contributed by atoms with Crippen LogP contribution >= 0.6 is 11.3 Å². The Morgan fingerprint density at radius 1 is 1.58 bits per heavy atom. The number of thiazole rings is 1. The van der Waals surface area contributed by atoms with Gasteiger partial charge in [-0.25, -0.2) is 9.27 Å². The Balaban J connectivity index is 2.69. The minimum Gasteiger partial charge on any atom is -0.320 e. The van der Waals surface area contributed by atoms with E-state index in [1.54, 1.807) is 5.34 Å². The standard InChI is InChI=1S/C3H2N2O5S2/c6-5-10-12(7,8)9-3-4-1-2-11-3/h1-2H. The Labute approximate surface area is 71.2 Å². The number of aromatic nitrogens is 1.